The molecule has 2 heterocycles. The average molecular weight is 517 g/mol. The molecule has 6 nitrogen and oxygen atoms in total. The lowest BCUT2D eigenvalue weighted by atomic mass is 9.89. The van der Waals surface area contributed by atoms with E-state index in [-0.39, 0.29) is 11.3 Å². The Kier molecular flexibility index (Phi) is 6.68. The van der Waals surface area contributed by atoms with E-state index in [4.69, 9.17) is 4.74 Å². The lowest BCUT2D eigenvalue weighted by molar-refractivity contribution is -0.132. The van der Waals surface area contributed by atoms with Gasteiger partial charge in [0, 0.05) is 23.6 Å². The Morgan fingerprint density at radius 3 is 2.41 bits per heavy atom. The lowest BCUT2D eigenvalue weighted by Crippen LogP contribution is -2.29. The van der Waals surface area contributed by atoms with Gasteiger partial charge in [-0.3, -0.25) is 19.5 Å². The number of aromatic nitrogens is 1. The minimum absolute atomic E-state index is 0.0631. The number of ketones is 1. The summed E-state index contributed by atoms with van der Waals surface area (Å²) in [5.41, 5.74) is 5.29. The summed E-state index contributed by atoms with van der Waals surface area (Å²) in [7, 11) is 0. The minimum Gasteiger partial charge on any atom is -0.507 e. The third-order valence-electron chi connectivity index (χ3n) is 7.43. The highest BCUT2D eigenvalue weighted by molar-refractivity contribution is 6.51. The first-order valence-corrected chi connectivity index (χ1v) is 13.2. The van der Waals surface area contributed by atoms with Gasteiger partial charge in [-0.25, -0.2) is 0 Å². The predicted molar refractivity (Wildman–Crippen MR) is 149 cm³/mol. The number of aliphatic hydroxyl groups is 1. The van der Waals surface area contributed by atoms with Gasteiger partial charge >= 0.3 is 0 Å². The quantitative estimate of drug-likeness (QED) is 0.188. The summed E-state index contributed by atoms with van der Waals surface area (Å²) in [5.74, 6) is -0.933. The van der Waals surface area contributed by atoms with Gasteiger partial charge in [0.25, 0.3) is 11.7 Å². The van der Waals surface area contributed by atoms with Crippen molar-refractivity contribution >= 4 is 23.1 Å². The maximum atomic E-state index is 13.4. The van der Waals surface area contributed by atoms with Gasteiger partial charge in [0.1, 0.15) is 18.1 Å². The van der Waals surface area contributed by atoms with Gasteiger partial charge in [-0.1, -0.05) is 48.5 Å². The highest BCUT2D eigenvalue weighted by Gasteiger charge is 2.47. The highest BCUT2D eigenvalue weighted by Crippen LogP contribution is 2.42. The van der Waals surface area contributed by atoms with Gasteiger partial charge < -0.3 is 9.84 Å². The smallest absolute Gasteiger partial charge is 0.300 e. The molecule has 1 amide bonds. The molecule has 1 saturated heterocycles. The van der Waals surface area contributed by atoms with Gasteiger partial charge in [0.2, 0.25) is 0 Å². The van der Waals surface area contributed by atoms with Crippen molar-refractivity contribution in [1.82, 2.24) is 4.98 Å². The first-order valence-electron chi connectivity index (χ1n) is 13.2. The molecule has 1 aliphatic carbocycles. The molecule has 1 unspecified atom stereocenters. The Labute approximate surface area is 227 Å². The molecule has 1 N–H and O–H groups in total. The molecule has 6 heteroatoms. The molecule has 0 spiro atoms. The molecule has 1 aliphatic heterocycles. The van der Waals surface area contributed by atoms with Crippen molar-refractivity contribution in [3.8, 4) is 5.75 Å². The number of benzene rings is 3. The van der Waals surface area contributed by atoms with E-state index >= 15 is 0 Å². The second-order valence-electron chi connectivity index (χ2n) is 9.91. The van der Waals surface area contributed by atoms with Crippen LogP contribution in [-0.4, -0.2) is 21.8 Å². The zero-order chi connectivity index (χ0) is 26.8. The third kappa shape index (κ3) is 4.81. The summed E-state index contributed by atoms with van der Waals surface area (Å²) in [6.45, 7) is 0.418. The van der Waals surface area contributed by atoms with Crippen LogP contribution >= 0.6 is 0 Å². The second-order valence-corrected chi connectivity index (χ2v) is 9.91. The Bertz CT molecular complexity index is 1550. The van der Waals surface area contributed by atoms with Crippen LogP contribution in [0.5, 0.6) is 5.75 Å². The van der Waals surface area contributed by atoms with Crippen molar-refractivity contribution in [3.05, 3.63) is 131 Å². The highest BCUT2D eigenvalue weighted by atomic mass is 16.5. The lowest BCUT2D eigenvalue weighted by Gasteiger charge is -2.25. The van der Waals surface area contributed by atoms with E-state index in [0.717, 1.165) is 31.2 Å². The third-order valence-corrected chi connectivity index (χ3v) is 7.43. The van der Waals surface area contributed by atoms with Crippen molar-refractivity contribution < 1.29 is 19.4 Å². The van der Waals surface area contributed by atoms with E-state index in [0.29, 0.717) is 29.2 Å². The number of amides is 1. The van der Waals surface area contributed by atoms with Gasteiger partial charge in [0.05, 0.1) is 11.6 Å². The number of hydrogen-bond donors (Lipinski definition) is 1. The maximum absolute atomic E-state index is 13.4. The summed E-state index contributed by atoms with van der Waals surface area (Å²) in [6, 6.07) is 25.5. The summed E-state index contributed by atoms with van der Waals surface area (Å²) in [6.07, 6.45) is 7.47. The van der Waals surface area contributed by atoms with E-state index in [2.05, 4.69) is 4.98 Å². The van der Waals surface area contributed by atoms with Crippen molar-refractivity contribution in [1.29, 1.82) is 0 Å². The van der Waals surface area contributed by atoms with Crippen LogP contribution in [0.2, 0.25) is 0 Å². The van der Waals surface area contributed by atoms with Crippen molar-refractivity contribution in [2.45, 2.75) is 38.3 Å². The topological polar surface area (TPSA) is 79.7 Å². The fourth-order valence-electron chi connectivity index (χ4n) is 5.43. The van der Waals surface area contributed by atoms with Crippen molar-refractivity contribution in [2.24, 2.45) is 0 Å². The summed E-state index contributed by atoms with van der Waals surface area (Å²) in [4.78, 5) is 32.6. The molecule has 1 fully saturated rings. The van der Waals surface area contributed by atoms with Crippen LogP contribution < -0.4 is 9.64 Å². The van der Waals surface area contributed by atoms with Crippen LogP contribution in [0.3, 0.4) is 0 Å². The normalized spacial score (nSPS) is 18.2. The SMILES string of the molecule is O=C1C(=O)N(c2ccc(OCc3ccccc3)cc2)C(c2cccnc2)/C1=C(/O)c1ccc2c(c1)CCCC2. The number of Topliss-reactive ketones (excluding diaryl/α,β-unsaturated/α-hetero) is 1. The number of carbonyl (C=O) groups excluding carboxylic acids is 2. The fraction of sp³-hybridized carbons (Fsp3) is 0.182. The van der Waals surface area contributed by atoms with E-state index in [1.54, 1.807) is 42.7 Å². The number of rotatable bonds is 6. The molecular formula is C33H28N2O4. The van der Waals surface area contributed by atoms with Crippen LogP contribution in [0.4, 0.5) is 5.69 Å². The number of ether oxygens (including phenoxy) is 1. The average Bonchev–Trinajstić information content (AvgIpc) is 3.26. The molecule has 6 rings (SSSR count). The standard InChI is InChI=1S/C33H28N2O4/c36-31(25-13-12-23-9-4-5-10-24(23)19-25)29-30(26-11-6-18-34-20-26)35(33(38)32(29)37)27-14-16-28(17-15-27)39-21-22-7-2-1-3-8-22/h1-3,6-8,11-20,30,36H,4-5,9-10,21H2/b31-29-. The molecule has 4 aromatic rings. The number of fused-ring (bicyclic) bond motifs is 1. The van der Waals surface area contributed by atoms with Crippen LogP contribution in [0.25, 0.3) is 5.76 Å². The molecule has 0 bridgehead atoms. The van der Waals surface area contributed by atoms with Gasteiger partial charge in [-0.05, 0) is 84.3 Å². The summed E-state index contributed by atoms with van der Waals surface area (Å²) < 4.78 is 5.90. The van der Waals surface area contributed by atoms with Gasteiger partial charge in [0.15, 0.2) is 0 Å². The van der Waals surface area contributed by atoms with E-state index in [1.165, 1.54) is 16.0 Å². The van der Waals surface area contributed by atoms with E-state index in [9.17, 15) is 14.7 Å². The second kappa shape index (κ2) is 10.6. The summed E-state index contributed by atoms with van der Waals surface area (Å²) in [5, 5.41) is 11.5. The first-order chi connectivity index (χ1) is 19.1. The molecule has 3 aromatic carbocycles. The summed E-state index contributed by atoms with van der Waals surface area (Å²) >= 11 is 0. The maximum Gasteiger partial charge on any atom is 0.300 e. The van der Waals surface area contributed by atoms with Gasteiger partial charge in [-0.2, -0.15) is 0 Å². The number of anilines is 1. The Hall–Kier alpha value is -4.71. The van der Waals surface area contributed by atoms with Crippen molar-refractivity contribution in [2.75, 3.05) is 4.90 Å². The van der Waals surface area contributed by atoms with Crippen LogP contribution in [0.15, 0.2) is 103 Å². The molecule has 1 aromatic heterocycles. The van der Waals surface area contributed by atoms with Gasteiger partial charge in [-0.15, -0.1) is 0 Å². The fourth-order valence-corrected chi connectivity index (χ4v) is 5.43. The molecule has 194 valence electrons. The number of aliphatic hydroxyl groups excluding tert-OH is 1. The minimum atomic E-state index is -0.814. The molecular weight excluding hydrogens is 488 g/mol. The molecule has 2 aliphatic rings. The number of hydrogen-bond acceptors (Lipinski definition) is 5. The van der Waals surface area contributed by atoms with Crippen molar-refractivity contribution in [3.63, 3.8) is 0 Å². The number of nitrogens with zero attached hydrogens (tertiary/aromatic N) is 2. The first kappa shape index (κ1) is 24.6. The molecule has 1 atom stereocenters. The number of aryl methyl sites for hydroxylation is 2. The van der Waals surface area contributed by atoms with Crippen LogP contribution in [0.1, 0.15) is 46.7 Å². The number of carbonyl (C=O) groups is 2. The largest absolute Gasteiger partial charge is 0.507 e. The molecule has 39 heavy (non-hydrogen) atoms. The Balaban J connectivity index is 1.36. The Morgan fingerprint density at radius 1 is 0.897 bits per heavy atom. The monoisotopic (exact) mass is 516 g/mol. The molecule has 0 radical (unpaired) electrons. The zero-order valence-electron chi connectivity index (χ0n) is 21.4. The van der Waals surface area contributed by atoms with Crippen LogP contribution in [-0.2, 0) is 29.0 Å². The predicted octanol–water partition coefficient (Wildman–Crippen LogP) is 6.17. The number of pyridine rings is 1. The van der Waals surface area contributed by atoms with Crippen LogP contribution in [0, 0.1) is 0 Å². The van der Waals surface area contributed by atoms with E-state index in [1.807, 2.05) is 54.6 Å². The Morgan fingerprint density at radius 2 is 1.67 bits per heavy atom. The molecule has 0 saturated carbocycles. The van der Waals surface area contributed by atoms with E-state index < -0.39 is 17.7 Å². The zero-order valence-corrected chi connectivity index (χ0v) is 21.4.